The van der Waals surface area contributed by atoms with Crippen LogP contribution in [0.1, 0.15) is 42.4 Å². The topological polar surface area (TPSA) is 41.9 Å². The fourth-order valence-corrected chi connectivity index (χ4v) is 4.76. The van der Waals surface area contributed by atoms with Gasteiger partial charge in [0.1, 0.15) is 17.1 Å². The van der Waals surface area contributed by atoms with Gasteiger partial charge in [0.2, 0.25) is 0 Å². The Labute approximate surface area is 168 Å². The largest absolute Gasteiger partial charge is 0.496 e. The number of hydrogen-bond acceptors (Lipinski definition) is 4. The Morgan fingerprint density at radius 1 is 1.18 bits per heavy atom. The molecule has 4 nitrogen and oxygen atoms in total. The van der Waals surface area contributed by atoms with Crippen molar-refractivity contribution in [2.45, 2.75) is 51.3 Å². The molecule has 4 rings (SSSR count). The Balaban J connectivity index is 1.59. The van der Waals surface area contributed by atoms with Crippen molar-refractivity contribution >= 4 is 0 Å². The van der Waals surface area contributed by atoms with E-state index in [1.807, 2.05) is 0 Å². The van der Waals surface area contributed by atoms with Crippen LogP contribution < -0.4 is 9.47 Å². The van der Waals surface area contributed by atoms with Crippen LogP contribution >= 0.6 is 0 Å². The van der Waals surface area contributed by atoms with E-state index in [1.54, 1.807) is 7.11 Å². The van der Waals surface area contributed by atoms with Gasteiger partial charge in [-0.2, -0.15) is 0 Å². The number of nitrogens with zero attached hydrogens (tertiary/aromatic N) is 1. The second-order valence-corrected chi connectivity index (χ2v) is 8.47. The van der Waals surface area contributed by atoms with Crippen LogP contribution in [0.5, 0.6) is 11.5 Å². The van der Waals surface area contributed by atoms with Gasteiger partial charge in [0.05, 0.1) is 7.11 Å². The predicted octanol–water partition coefficient (Wildman–Crippen LogP) is 4.32. The maximum Gasteiger partial charge on any atom is 0.124 e. The Kier molecular flexibility index (Phi) is 5.61. The van der Waals surface area contributed by atoms with Gasteiger partial charge in [0.15, 0.2) is 0 Å². The van der Waals surface area contributed by atoms with Crippen LogP contribution in [0, 0.1) is 12.8 Å². The molecule has 150 valence electrons. The van der Waals surface area contributed by atoms with E-state index in [4.69, 9.17) is 9.47 Å². The van der Waals surface area contributed by atoms with Crippen molar-refractivity contribution in [3.8, 4) is 11.5 Å². The third-order valence-electron chi connectivity index (χ3n) is 6.34. The minimum Gasteiger partial charge on any atom is -0.496 e. The van der Waals surface area contributed by atoms with Crippen molar-refractivity contribution in [2.24, 2.45) is 5.92 Å². The lowest BCUT2D eigenvalue weighted by Gasteiger charge is -2.41. The second kappa shape index (κ2) is 8.14. The summed E-state index contributed by atoms with van der Waals surface area (Å²) < 4.78 is 12.1. The smallest absolute Gasteiger partial charge is 0.124 e. The van der Waals surface area contributed by atoms with E-state index in [2.05, 4.69) is 54.3 Å². The summed E-state index contributed by atoms with van der Waals surface area (Å²) in [4.78, 5) is 2.52. The van der Waals surface area contributed by atoms with Gasteiger partial charge in [0.25, 0.3) is 0 Å². The SMILES string of the molecule is COc1ccc(CN2Cc3ccccc3OC3(CCC(CO)CC3)C2)cc1C. The summed E-state index contributed by atoms with van der Waals surface area (Å²) in [6.07, 6.45) is 4.08. The molecule has 1 fully saturated rings. The Morgan fingerprint density at radius 3 is 2.68 bits per heavy atom. The average Bonchev–Trinajstić information content (AvgIpc) is 2.84. The van der Waals surface area contributed by atoms with Gasteiger partial charge in [-0.25, -0.2) is 0 Å². The molecule has 0 radical (unpaired) electrons. The summed E-state index contributed by atoms with van der Waals surface area (Å²) in [5, 5.41) is 9.55. The van der Waals surface area contributed by atoms with Crippen LogP contribution in [-0.4, -0.2) is 35.9 Å². The number of ether oxygens (including phenoxy) is 2. The maximum atomic E-state index is 9.55. The molecule has 2 aromatic rings. The summed E-state index contributed by atoms with van der Waals surface area (Å²) in [7, 11) is 1.72. The number of methoxy groups -OCH3 is 1. The van der Waals surface area contributed by atoms with Crippen LogP contribution in [0.3, 0.4) is 0 Å². The van der Waals surface area contributed by atoms with Gasteiger partial charge in [-0.15, -0.1) is 0 Å². The van der Waals surface area contributed by atoms with Crippen molar-refractivity contribution < 1.29 is 14.6 Å². The summed E-state index contributed by atoms with van der Waals surface area (Å²) in [6, 6.07) is 14.9. The first-order valence-corrected chi connectivity index (χ1v) is 10.3. The number of aliphatic hydroxyl groups excluding tert-OH is 1. The third-order valence-corrected chi connectivity index (χ3v) is 6.34. The van der Waals surface area contributed by atoms with Crippen LogP contribution in [0.25, 0.3) is 0 Å². The van der Waals surface area contributed by atoms with Gasteiger partial charge in [-0.1, -0.05) is 30.3 Å². The molecule has 0 unspecified atom stereocenters. The molecule has 28 heavy (non-hydrogen) atoms. The highest BCUT2D eigenvalue weighted by Gasteiger charge is 2.40. The fraction of sp³-hybridized carbons (Fsp3) is 0.500. The molecule has 2 aromatic carbocycles. The van der Waals surface area contributed by atoms with Gasteiger partial charge >= 0.3 is 0 Å². The van der Waals surface area contributed by atoms with Gasteiger partial charge in [-0.05, 0) is 61.8 Å². The highest BCUT2D eigenvalue weighted by molar-refractivity contribution is 5.37. The van der Waals surface area contributed by atoms with Gasteiger partial charge in [-0.3, -0.25) is 4.90 Å². The monoisotopic (exact) mass is 381 g/mol. The van der Waals surface area contributed by atoms with E-state index in [1.165, 1.54) is 16.7 Å². The van der Waals surface area contributed by atoms with Crippen molar-refractivity contribution in [1.82, 2.24) is 4.90 Å². The van der Waals surface area contributed by atoms with Gasteiger partial charge < -0.3 is 14.6 Å². The number of hydrogen-bond donors (Lipinski definition) is 1. The standard InChI is InChI=1S/C24H31NO3/c1-18-13-20(7-8-22(18)27-2)14-25-15-21-5-3-4-6-23(21)28-24(17-25)11-9-19(16-26)10-12-24/h3-8,13,19,26H,9-12,14-17H2,1-2H3. The first-order chi connectivity index (χ1) is 13.6. The molecule has 1 aliphatic heterocycles. The summed E-state index contributed by atoms with van der Waals surface area (Å²) in [5.74, 6) is 2.39. The lowest BCUT2D eigenvalue weighted by molar-refractivity contribution is -0.0154. The highest BCUT2D eigenvalue weighted by Crippen LogP contribution is 2.40. The Bertz CT molecular complexity index is 811. The van der Waals surface area contributed by atoms with Crippen LogP contribution in [-0.2, 0) is 13.1 Å². The average molecular weight is 382 g/mol. The summed E-state index contributed by atoms with van der Waals surface area (Å²) in [5.41, 5.74) is 3.58. The number of rotatable bonds is 4. The predicted molar refractivity (Wildman–Crippen MR) is 111 cm³/mol. The molecule has 0 atom stereocenters. The molecule has 0 aromatic heterocycles. The fourth-order valence-electron chi connectivity index (χ4n) is 4.76. The van der Waals surface area contributed by atoms with E-state index < -0.39 is 0 Å². The van der Waals surface area contributed by atoms with Crippen molar-refractivity contribution in [2.75, 3.05) is 20.3 Å². The zero-order chi connectivity index (χ0) is 19.6. The van der Waals surface area contributed by atoms with Gasteiger partial charge in [0, 0.05) is 31.8 Å². The lowest BCUT2D eigenvalue weighted by Crippen LogP contribution is -2.48. The molecular formula is C24H31NO3. The Hall–Kier alpha value is -2.04. The minimum absolute atomic E-state index is 0.153. The number of aliphatic hydroxyl groups is 1. The molecule has 1 heterocycles. The lowest BCUT2D eigenvalue weighted by atomic mass is 9.78. The van der Waals surface area contributed by atoms with Crippen molar-refractivity contribution in [3.05, 3.63) is 59.2 Å². The van der Waals surface area contributed by atoms with Crippen molar-refractivity contribution in [3.63, 3.8) is 0 Å². The number of para-hydroxylation sites is 1. The molecule has 0 bridgehead atoms. The molecule has 1 saturated carbocycles. The second-order valence-electron chi connectivity index (χ2n) is 8.47. The van der Waals surface area contributed by atoms with E-state index >= 15 is 0 Å². The van der Waals surface area contributed by atoms with E-state index in [0.717, 1.165) is 56.8 Å². The normalized spacial score (nSPS) is 25.0. The van der Waals surface area contributed by atoms with E-state index in [0.29, 0.717) is 12.5 Å². The van der Waals surface area contributed by atoms with Crippen LogP contribution in [0.2, 0.25) is 0 Å². The zero-order valence-corrected chi connectivity index (χ0v) is 17.0. The molecule has 0 amide bonds. The molecule has 1 aliphatic carbocycles. The molecular weight excluding hydrogens is 350 g/mol. The molecule has 2 aliphatic rings. The zero-order valence-electron chi connectivity index (χ0n) is 17.0. The molecule has 1 spiro atoms. The first-order valence-electron chi connectivity index (χ1n) is 10.3. The van der Waals surface area contributed by atoms with Crippen molar-refractivity contribution in [1.29, 1.82) is 0 Å². The van der Waals surface area contributed by atoms with E-state index in [-0.39, 0.29) is 5.60 Å². The Morgan fingerprint density at radius 2 is 1.96 bits per heavy atom. The quantitative estimate of drug-likeness (QED) is 0.856. The summed E-state index contributed by atoms with van der Waals surface area (Å²) >= 11 is 0. The number of aryl methyl sites for hydroxylation is 1. The minimum atomic E-state index is -0.153. The molecule has 4 heteroatoms. The van der Waals surface area contributed by atoms with E-state index in [9.17, 15) is 5.11 Å². The third kappa shape index (κ3) is 4.03. The molecule has 0 saturated heterocycles. The highest BCUT2D eigenvalue weighted by atomic mass is 16.5. The maximum absolute atomic E-state index is 9.55. The molecule has 1 N–H and O–H groups in total. The number of benzene rings is 2. The van der Waals surface area contributed by atoms with Crippen LogP contribution in [0.15, 0.2) is 42.5 Å². The number of fused-ring (bicyclic) bond motifs is 1. The summed E-state index contributed by atoms with van der Waals surface area (Å²) in [6.45, 7) is 5.10. The van der Waals surface area contributed by atoms with Crippen LogP contribution in [0.4, 0.5) is 0 Å². The first kappa shape index (κ1) is 19.3.